The van der Waals surface area contributed by atoms with Crippen LogP contribution < -0.4 is 10.6 Å². The van der Waals surface area contributed by atoms with Gasteiger partial charge in [0.15, 0.2) is 0 Å². The number of nitrogens with one attached hydrogen (secondary N) is 2. The Morgan fingerprint density at radius 2 is 1.96 bits per heavy atom. The molecule has 0 aromatic heterocycles. The molecule has 2 saturated heterocycles. The number of rotatable bonds is 4. The molecule has 2 aliphatic rings. The highest BCUT2D eigenvalue weighted by Crippen LogP contribution is 2.30. The number of nitrogens with zero attached hydrogens (tertiary/aromatic N) is 1. The molecule has 2 N–H and O–H groups in total. The van der Waals surface area contributed by atoms with Crippen LogP contribution in [-0.2, 0) is 4.79 Å². The molecule has 2 aliphatic heterocycles. The van der Waals surface area contributed by atoms with Crippen LogP contribution >= 0.6 is 11.6 Å². The molecule has 126 valence electrons. The van der Waals surface area contributed by atoms with E-state index in [1.165, 1.54) is 12.8 Å². The molecule has 0 aliphatic carbocycles. The number of carbonyl (C=O) groups is 1. The summed E-state index contributed by atoms with van der Waals surface area (Å²) >= 11 is 6.27. The van der Waals surface area contributed by atoms with Crippen molar-refractivity contribution < 1.29 is 4.79 Å². The Bertz CT molecular complexity index is 569. The Hall–Kier alpha value is -1.10. The number of hydrogen-bond donors (Lipinski definition) is 2. The summed E-state index contributed by atoms with van der Waals surface area (Å²) in [7, 11) is 2.05. The van der Waals surface area contributed by atoms with Crippen molar-refractivity contribution >= 4 is 23.2 Å². The van der Waals surface area contributed by atoms with Crippen molar-refractivity contribution in [2.45, 2.75) is 57.7 Å². The first-order valence-electron chi connectivity index (χ1n) is 8.45. The van der Waals surface area contributed by atoms with Crippen LogP contribution in [0.25, 0.3) is 0 Å². The molecule has 2 unspecified atom stereocenters. The van der Waals surface area contributed by atoms with E-state index in [-0.39, 0.29) is 5.91 Å². The SMILES string of the molecule is Cc1cc(C)c(NC(=O)CN(C)C2CC3CCC(C2)N3)c(Cl)c1. The first-order chi connectivity index (χ1) is 10.9. The molecule has 0 radical (unpaired) electrons. The molecule has 0 spiro atoms. The van der Waals surface area contributed by atoms with E-state index in [1.54, 1.807) is 0 Å². The van der Waals surface area contributed by atoms with Crippen LogP contribution in [0.1, 0.15) is 36.8 Å². The minimum absolute atomic E-state index is 0.00670. The van der Waals surface area contributed by atoms with E-state index in [1.807, 2.05) is 26.0 Å². The summed E-state index contributed by atoms with van der Waals surface area (Å²) in [5.74, 6) is 0.00670. The average Bonchev–Trinajstić information content (AvgIpc) is 2.81. The highest BCUT2D eigenvalue weighted by Gasteiger charge is 2.35. The van der Waals surface area contributed by atoms with Crippen LogP contribution in [0.2, 0.25) is 5.02 Å². The number of likely N-dealkylation sites (N-methyl/N-ethyl adjacent to an activating group) is 1. The standard InChI is InChI=1S/C18H26ClN3O/c1-11-6-12(2)18(16(19)7-11)21-17(23)10-22(3)15-8-13-4-5-14(9-15)20-13/h6-7,13-15,20H,4-5,8-10H2,1-3H3,(H,21,23). The van der Waals surface area contributed by atoms with Gasteiger partial charge in [-0.1, -0.05) is 17.7 Å². The lowest BCUT2D eigenvalue weighted by Gasteiger charge is -2.35. The zero-order chi connectivity index (χ0) is 16.6. The minimum Gasteiger partial charge on any atom is -0.323 e. The van der Waals surface area contributed by atoms with E-state index in [2.05, 4.69) is 22.6 Å². The summed E-state index contributed by atoms with van der Waals surface area (Å²) < 4.78 is 0. The molecular weight excluding hydrogens is 310 g/mol. The summed E-state index contributed by atoms with van der Waals surface area (Å²) in [5, 5.41) is 7.24. The van der Waals surface area contributed by atoms with Gasteiger partial charge in [0, 0.05) is 18.1 Å². The second kappa shape index (κ2) is 6.80. The number of halogens is 1. The lowest BCUT2D eigenvalue weighted by Crippen LogP contribution is -2.48. The average molecular weight is 336 g/mol. The van der Waals surface area contributed by atoms with Crippen LogP contribution in [-0.4, -0.2) is 42.5 Å². The second-order valence-electron chi connectivity index (χ2n) is 7.17. The molecule has 5 heteroatoms. The van der Waals surface area contributed by atoms with E-state index in [9.17, 15) is 4.79 Å². The molecule has 1 amide bonds. The van der Waals surface area contributed by atoms with Gasteiger partial charge in [0.2, 0.25) is 5.91 Å². The van der Waals surface area contributed by atoms with Crippen molar-refractivity contribution in [1.82, 2.24) is 10.2 Å². The van der Waals surface area contributed by atoms with Gasteiger partial charge in [-0.15, -0.1) is 0 Å². The van der Waals surface area contributed by atoms with Gasteiger partial charge < -0.3 is 10.6 Å². The lowest BCUT2D eigenvalue weighted by atomic mass is 9.98. The predicted octanol–water partition coefficient (Wildman–Crippen LogP) is 3.11. The normalized spacial score (nSPS) is 26.6. The zero-order valence-electron chi connectivity index (χ0n) is 14.2. The van der Waals surface area contributed by atoms with E-state index in [4.69, 9.17) is 11.6 Å². The molecular formula is C18H26ClN3O. The maximum atomic E-state index is 12.4. The van der Waals surface area contributed by atoms with Crippen LogP contribution in [0.15, 0.2) is 12.1 Å². The van der Waals surface area contributed by atoms with Gasteiger partial charge in [0.25, 0.3) is 0 Å². The van der Waals surface area contributed by atoms with E-state index in [0.29, 0.717) is 29.7 Å². The molecule has 0 saturated carbocycles. The maximum absolute atomic E-state index is 12.4. The lowest BCUT2D eigenvalue weighted by molar-refractivity contribution is -0.117. The van der Waals surface area contributed by atoms with Gasteiger partial charge in [0.1, 0.15) is 0 Å². The first kappa shape index (κ1) is 16.7. The maximum Gasteiger partial charge on any atom is 0.238 e. The highest BCUT2D eigenvalue weighted by atomic mass is 35.5. The van der Waals surface area contributed by atoms with Gasteiger partial charge >= 0.3 is 0 Å². The fourth-order valence-corrected chi connectivity index (χ4v) is 4.36. The van der Waals surface area contributed by atoms with Gasteiger partial charge in [-0.3, -0.25) is 9.69 Å². The molecule has 2 atom stereocenters. The molecule has 4 nitrogen and oxygen atoms in total. The molecule has 2 fully saturated rings. The van der Waals surface area contributed by atoms with Crippen molar-refractivity contribution in [3.8, 4) is 0 Å². The number of benzene rings is 1. The molecule has 2 bridgehead atoms. The summed E-state index contributed by atoms with van der Waals surface area (Å²) in [6.45, 7) is 4.39. The fourth-order valence-electron chi connectivity index (χ4n) is 4.00. The number of piperidine rings is 1. The smallest absolute Gasteiger partial charge is 0.238 e. The summed E-state index contributed by atoms with van der Waals surface area (Å²) in [4.78, 5) is 14.6. The van der Waals surface area contributed by atoms with Crippen molar-refractivity contribution in [1.29, 1.82) is 0 Å². The Labute approximate surface area is 143 Å². The quantitative estimate of drug-likeness (QED) is 0.888. The zero-order valence-corrected chi connectivity index (χ0v) is 14.9. The molecule has 1 aromatic carbocycles. The van der Waals surface area contributed by atoms with E-state index < -0.39 is 0 Å². The van der Waals surface area contributed by atoms with Gasteiger partial charge in [-0.2, -0.15) is 0 Å². The van der Waals surface area contributed by atoms with Crippen molar-refractivity contribution in [3.63, 3.8) is 0 Å². The van der Waals surface area contributed by atoms with E-state index in [0.717, 1.165) is 29.7 Å². The monoisotopic (exact) mass is 335 g/mol. The third kappa shape index (κ3) is 3.87. The van der Waals surface area contributed by atoms with Gasteiger partial charge in [-0.05, 0) is 63.8 Å². The number of hydrogen-bond acceptors (Lipinski definition) is 3. The highest BCUT2D eigenvalue weighted by molar-refractivity contribution is 6.34. The minimum atomic E-state index is 0.00670. The first-order valence-corrected chi connectivity index (χ1v) is 8.83. The van der Waals surface area contributed by atoms with Crippen molar-refractivity contribution in [2.75, 3.05) is 18.9 Å². The Morgan fingerprint density at radius 3 is 2.57 bits per heavy atom. The van der Waals surface area contributed by atoms with Crippen molar-refractivity contribution in [3.05, 3.63) is 28.3 Å². The summed E-state index contributed by atoms with van der Waals surface area (Å²) in [6.07, 6.45) is 4.84. The fraction of sp³-hybridized carbons (Fsp3) is 0.611. The summed E-state index contributed by atoms with van der Waals surface area (Å²) in [6, 6.07) is 5.69. The predicted molar refractivity (Wildman–Crippen MR) is 95.2 cm³/mol. The van der Waals surface area contributed by atoms with Crippen LogP contribution in [0.3, 0.4) is 0 Å². The van der Waals surface area contributed by atoms with Crippen molar-refractivity contribution in [2.24, 2.45) is 0 Å². The largest absolute Gasteiger partial charge is 0.323 e. The number of aryl methyl sites for hydroxylation is 2. The second-order valence-corrected chi connectivity index (χ2v) is 7.57. The molecule has 3 rings (SSSR count). The third-order valence-electron chi connectivity index (χ3n) is 5.16. The number of fused-ring (bicyclic) bond motifs is 2. The topological polar surface area (TPSA) is 44.4 Å². The van der Waals surface area contributed by atoms with Crippen LogP contribution in [0.4, 0.5) is 5.69 Å². The number of carbonyl (C=O) groups excluding carboxylic acids is 1. The summed E-state index contributed by atoms with van der Waals surface area (Å²) in [5.41, 5.74) is 2.85. The van der Waals surface area contributed by atoms with Gasteiger partial charge in [0.05, 0.1) is 17.3 Å². The Morgan fingerprint density at radius 1 is 1.30 bits per heavy atom. The third-order valence-corrected chi connectivity index (χ3v) is 5.46. The van der Waals surface area contributed by atoms with Crippen LogP contribution in [0, 0.1) is 13.8 Å². The molecule has 23 heavy (non-hydrogen) atoms. The molecule has 2 heterocycles. The number of amides is 1. The Kier molecular flexibility index (Phi) is 4.95. The Balaban J connectivity index is 1.59. The van der Waals surface area contributed by atoms with Crippen LogP contribution in [0.5, 0.6) is 0 Å². The molecule has 1 aromatic rings. The van der Waals surface area contributed by atoms with E-state index >= 15 is 0 Å². The van der Waals surface area contributed by atoms with Gasteiger partial charge in [-0.25, -0.2) is 0 Å². The number of anilines is 1.